The van der Waals surface area contributed by atoms with Gasteiger partial charge < -0.3 is 9.52 Å². The average molecular weight is 278 g/mol. The summed E-state index contributed by atoms with van der Waals surface area (Å²) in [6.07, 6.45) is 0.132. The zero-order valence-electron chi connectivity index (χ0n) is 11.1. The van der Waals surface area contributed by atoms with Crippen molar-refractivity contribution >= 4 is 0 Å². The second-order valence-electron chi connectivity index (χ2n) is 5.49. The van der Waals surface area contributed by atoms with Crippen LogP contribution in [0.3, 0.4) is 0 Å². The van der Waals surface area contributed by atoms with E-state index in [2.05, 4.69) is 6.92 Å². The second kappa shape index (κ2) is 5.02. The second-order valence-corrected chi connectivity index (χ2v) is 5.49. The molecule has 3 unspecified atom stereocenters. The maximum absolute atomic E-state index is 13.6. The van der Waals surface area contributed by atoms with Crippen molar-refractivity contribution in [3.63, 3.8) is 0 Å². The molecule has 1 saturated carbocycles. The number of aliphatic hydroxyl groups excluding tert-OH is 1. The monoisotopic (exact) mass is 278 g/mol. The molecular formula is C16H16F2O2. The highest BCUT2D eigenvalue weighted by atomic mass is 19.2. The van der Waals surface area contributed by atoms with E-state index in [-0.39, 0.29) is 12.0 Å². The lowest BCUT2D eigenvalue weighted by molar-refractivity contribution is 0.146. The van der Waals surface area contributed by atoms with Crippen LogP contribution in [0.1, 0.15) is 42.5 Å². The van der Waals surface area contributed by atoms with Crippen LogP contribution < -0.4 is 0 Å². The van der Waals surface area contributed by atoms with E-state index in [1.165, 1.54) is 12.1 Å². The minimum absolute atomic E-state index is 0.00321. The molecule has 0 spiro atoms. The maximum Gasteiger partial charge on any atom is 0.162 e. The summed E-state index contributed by atoms with van der Waals surface area (Å²) < 4.78 is 32.3. The molecule has 1 fully saturated rings. The first-order chi connectivity index (χ1) is 9.56. The molecule has 4 heteroatoms. The quantitative estimate of drug-likeness (QED) is 0.918. The standard InChI is InChI=1S/C16H16F2O2/c1-9-7-11(9)14-5-6-15(20-14)13(19)8-10-3-2-4-12(17)16(10)18/h2-6,9,11,13,19H,7-8H2,1H3. The lowest BCUT2D eigenvalue weighted by Gasteiger charge is -2.09. The maximum atomic E-state index is 13.6. The molecule has 0 radical (unpaired) electrons. The van der Waals surface area contributed by atoms with Gasteiger partial charge in [-0.3, -0.25) is 0 Å². The van der Waals surface area contributed by atoms with E-state index in [1.54, 1.807) is 6.07 Å². The molecule has 1 heterocycles. The van der Waals surface area contributed by atoms with Gasteiger partial charge in [-0.25, -0.2) is 8.78 Å². The zero-order chi connectivity index (χ0) is 14.3. The van der Waals surface area contributed by atoms with Gasteiger partial charge in [0, 0.05) is 12.3 Å². The Morgan fingerprint density at radius 3 is 2.75 bits per heavy atom. The summed E-state index contributed by atoms with van der Waals surface area (Å²) >= 11 is 0. The Balaban J connectivity index is 1.74. The van der Waals surface area contributed by atoms with Crippen LogP contribution in [0.4, 0.5) is 8.78 Å². The number of benzene rings is 1. The lowest BCUT2D eigenvalue weighted by atomic mass is 10.1. The van der Waals surface area contributed by atoms with Crippen LogP contribution in [-0.2, 0) is 6.42 Å². The number of furan rings is 1. The number of rotatable bonds is 4. The molecular weight excluding hydrogens is 262 g/mol. The summed E-state index contributed by atoms with van der Waals surface area (Å²) in [6.45, 7) is 2.14. The SMILES string of the molecule is CC1CC1c1ccc(C(O)Cc2cccc(F)c2F)o1. The largest absolute Gasteiger partial charge is 0.463 e. The van der Waals surface area contributed by atoms with Gasteiger partial charge in [0.1, 0.15) is 17.6 Å². The number of hydrogen-bond acceptors (Lipinski definition) is 2. The van der Waals surface area contributed by atoms with E-state index < -0.39 is 17.7 Å². The predicted molar refractivity (Wildman–Crippen MR) is 70.3 cm³/mol. The molecule has 106 valence electrons. The Morgan fingerprint density at radius 1 is 1.30 bits per heavy atom. The first kappa shape index (κ1) is 13.3. The van der Waals surface area contributed by atoms with E-state index in [1.807, 2.05) is 6.07 Å². The van der Waals surface area contributed by atoms with Crippen LogP contribution in [-0.4, -0.2) is 5.11 Å². The molecule has 1 aromatic carbocycles. The molecule has 3 atom stereocenters. The van der Waals surface area contributed by atoms with Crippen molar-refractivity contribution in [2.45, 2.75) is 31.8 Å². The van der Waals surface area contributed by atoms with Gasteiger partial charge in [0.25, 0.3) is 0 Å². The Kier molecular flexibility index (Phi) is 3.34. The van der Waals surface area contributed by atoms with E-state index >= 15 is 0 Å². The molecule has 0 bridgehead atoms. The van der Waals surface area contributed by atoms with Crippen molar-refractivity contribution < 1.29 is 18.3 Å². The third-order valence-corrected chi connectivity index (χ3v) is 3.90. The fourth-order valence-electron chi connectivity index (χ4n) is 2.48. The van der Waals surface area contributed by atoms with Crippen molar-refractivity contribution in [2.24, 2.45) is 5.92 Å². The highest BCUT2D eigenvalue weighted by Crippen LogP contribution is 2.47. The highest BCUT2D eigenvalue weighted by Gasteiger charge is 2.36. The number of halogens is 2. The van der Waals surface area contributed by atoms with Crippen molar-refractivity contribution in [2.75, 3.05) is 0 Å². The van der Waals surface area contributed by atoms with Gasteiger partial charge in [-0.15, -0.1) is 0 Å². The minimum atomic E-state index is -0.964. The smallest absolute Gasteiger partial charge is 0.162 e. The van der Waals surface area contributed by atoms with E-state index in [4.69, 9.17) is 4.42 Å². The van der Waals surface area contributed by atoms with Crippen molar-refractivity contribution in [1.29, 1.82) is 0 Å². The fraction of sp³-hybridized carbons (Fsp3) is 0.375. The van der Waals surface area contributed by atoms with E-state index in [9.17, 15) is 13.9 Å². The molecule has 1 aliphatic carbocycles. The van der Waals surface area contributed by atoms with Gasteiger partial charge in [-0.05, 0) is 36.1 Å². The average Bonchev–Trinajstić information content (AvgIpc) is 2.96. The Labute approximate surface area is 116 Å². The van der Waals surface area contributed by atoms with E-state index in [0.717, 1.165) is 18.2 Å². The van der Waals surface area contributed by atoms with Crippen LogP contribution in [0.5, 0.6) is 0 Å². The zero-order valence-corrected chi connectivity index (χ0v) is 11.1. The normalized spacial score (nSPS) is 22.8. The van der Waals surface area contributed by atoms with E-state index in [0.29, 0.717) is 17.6 Å². The van der Waals surface area contributed by atoms with Gasteiger partial charge in [0.15, 0.2) is 11.6 Å². The highest BCUT2D eigenvalue weighted by molar-refractivity contribution is 5.23. The van der Waals surface area contributed by atoms with Gasteiger partial charge >= 0.3 is 0 Å². The van der Waals surface area contributed by atoms with Crippen molar-refractivity contribution in [3.05, 3.63) is 59.1 Å². The molecule has 0 saturated heterocycles. The van der Waals surface area contributed by atoms with Gasteiger partial charge in [0.05, 0.1) is 0 Å². The fourth-order valence-corrected chi connectivity index (χ4v) is 2.48. The molecule has 1 N–H and O–H groups in total. The first-order valence-electron chi connectivity index (χ1n) is 6.77. The first-order valence-corrected chi connectivity index (χ1v) is 6.77. The Morgan fingerprint density at radius 2 is 2.05 bits per heavy atom. The predicted octanol–water partition coefficient (Wildman–Crippen LogP) is 3.96. The lowest BCUT2D eigenvalue weighted by Crippen LogP contribution is -2.03. The molecule has 2 nitrogen and oxygen atoms in total. The van der Waals surface area contributed by atoms with Gasteiger partial charge in [-0.1, -0.05) is 19.1 Å². The molecule has 20 heavy (non-hydrogen) atoms. The van der Waals surface area contributed by atoms with Crippen LogP contribution in [0.15, 0.2) is 34.7 Å². The molecule has 2 aromatic rings. The molecule has 1 aromatic heterocycles. The summed E-state index contributed by atoms with van der Waals surface area (Å²) in [5.74, 6) is 0.512. The topological polar surface area (TPSA) is 33.4 Å². The number of hydrogen-bond donors (Lipinski definition) is 1. The Bertz CT molecular complexity index is 621. The summed E-state index contributed by atoms with van der Waals surface area (Å²) in [6, 6.07) is 7.52. The summed E-state index contributed by atoms with van der Waals surface area (Å²) in [5.41, 5.74) is 0.148. The summed E-state index contributed by atoms with van der Waals surface area (Å²) in [7, 11) is 0. The third-order valence-electron chi connectivity index (χ3n) is 3.90. The molecule has 0 aliphatic heterocycles. The molecule has 3 rings (SSSR count). The molecule has 1 aliphatic rings. The van der Waals surface area contributed by atoms with Crippen molar-refractivity contribution in [1.82, 2.24) is 0 Å². The third kappa shape index (κ3) is 2.48. The molecule has 0 amide bonds. The Hall–Kier alpha value is -1.68. The van der Waals surface area contributed by atoms with Gasteiger partial charge in [-0.2, -0.15) is 0 Å². The minimum Gasteiger partial charge on any atom is -0.463 e. The summed E-state index contributed by atoms with van der Waals surface area (Å²) in [5, 5.41) is 10.1. The van der Waals surface area contributed by atoms with Crippen LogP contribution >= 0.6 is 0 Å². The summed E-state index contributed by atoms with van der Waals surface area (Å²) in [4.78, 5) is 0. The van der Waals surface area contributed by atoms with Crippen LogP contribution in [0, 0.1) is 17.6 Å². The van der Waals surface area contributed by atoms with Crippen molar-refractivity contribution in [3.8, 4) is 0 Å². The number of aliphatic hydroxyl groups is 1. The van der Waals surface area contributed by atoms with Crippen LogP contribution in [0.2, 0.25) is 0 Å². The van der Waals surface area contributed by atoms with Gasteiger partial charge in [0.2, 0.25) is 0 Å². The van der Waals surface area contributed by atoms with Crippen LogP contribution in [0.25, 0.3) is 0 Å².